The molecule has 30 heavy (non-hydrogen) atoms. The van der Waals surface area contributed by atoms with Crippen LogP contribution in [-0.2, 0) is 11.2 Å². The van der Waals surface area contributed by atoms with Gasteiger partial charge in [0.15, 0.2) is 0 Å². The number of amides is 2. The van der Waals surface area contributed by atoms with Crippen LogP contribution in [-0.4, -0.2) is 46.3 Å². The predicted octanol–water partition coefficient (Wildman–Crippen LogP) is 1.97. The first-order valence-electron chi connectivity index (χ1n) is 9.92. The number of nitrogens with one attached hydrogen (secondary N) is 1. The Hall–Kier alpha value is -3.68. The maximum atomic E-state index is 12.8. The summed E-state index contributed by atoms with van der Waals surface area (Å²) in [5.74, 6) is 0.729. The Balaban J connectivity index is 1.34. The van der Waals surface area contributed by atoms with E-state index < -0.39 is 11.9 Å². The summed E-state index contributed by atoms with van der Waals surface area (Å²) in [5, 5.41) is 7.19. The summed E-state index contributed by atoms with van der Waals surface area (Å²) in [6, 6.07) is 16.6. The van der Waals surface area contributed by atoms with Gasteiger partial charge < -0.3 is 15.0 Å². The SMILES string of the molecule is CN1C(=O)[C@@H](NC(=O)c2nc3n(n2)[C@@H](c2ccccc2)CC3)COc2ccccc21. The molecule has 0 spiro atoms. The molecular weight excluding hydrogens is 382 g/mol. The van der Waals surface area contributed by atoms with Crippen LogP contribution in [0, 0.1) is 0 Å². The highest BCUT2D eigenvalue weighted by molar-refractivity contribution is 6.02. The van der Waals surface area contributed by atoms with Crippen LogP contribution in [0.4, 0.5) is 5.69 Å². The van der Waals surface area contributed by atoms with Crippen molar-refractivity contribution in [2.24, 2.45) is 0 Å². The highest BCUT2D eigenvalue weighted by atomic mass is 16.5. The van der Waals surface area contributed by atoms with E-state index in [1.54, 1.807) is 13.1 Å². The first kappa shape index (κ1) is 18.4. The van der Waals surface area contributed by atoms with Crippen molar-refractivity contribution >= 4 is 17.5 Å². The minimum atomic E-state index is -0.821. The molecule has 3 aromatic rings. The lowest BCUT2D eigenvalue weighted by Crippen LogP contribution is -2.49. The fraction of sp³-hybridized carbons (Fsp3) is 0.273. The van der Waals surface area contributed by atoms with Gasteiger partial charge in [0.05, 0.1) is 11.7 Å². The number of carbonyl (C=O) groups excluding carboxylic acids is 2. The Morgan fingerprint density at radius 3 is 2.73 bits per heavy atom. The van der Waals surface area contributed by atoms with Gasteiger partial charge in [0.2, 0.25) is 5.82 Å². The van der Waals surface area contributed by atoms with Crippen LogP contribution in [0.25, 0.3) is 0 Å². The quantitative estimate of drug-likeness (QED) is 0.722. The van der Waals surface area contributed by atoms with Crippen LogP contribution < -0.4 is 15.0 Å². The summed E-state index contributed by atoms with van der Waals surface area (Å²) >= 11 is 0. The molecule has 2 atom stereocenters. The molecule has 0 unspecified atom stereocenters. The Bertz CT molecular complexity index is 1110. The van der Waals surface area contributed by atoms with Gasteiger partial charge in [0.1, 0.15) is 24.2 Å². The minimum Gasteiger partial charge on any atom is -0.489 e. The van der Waals surface area contributed by atoms with Crippen molar-refractivity contribution in [3.05, 3.63) is 71.8 Å². The van der Waals surface area contributed by atoms with Crippen LogP contribution >= 0.6 is 0 Å². The van der Waals surface area contributed by atoms with Crippen LogP contribution in [0.1, 0.15) is 34.5 Å². The molecule has 8 nitrogen and oxygen atoms in total. The maximum absolute atomic E-state index is 12.8. The van der Waals surface area contributed by atoms with Gasteiger partial charge in [-0.3, -0.25) is 9.59 Å². The number of nitrogens with zero attached hydrogens (tertiary/aromatic N) is 4. The molecule has 0 bridgehead atoms. The van der Waals surface area contributed by atoms with E-state index in [0.717, 1.165) is 24.2 Å². The molecule has 0 saturated carbocycles. The van der Waals surface area contributed by atoms with Gasteiger partial charge in [-0.2, -0.15) is 0 Å². The van der Waals surface area contributed by atoms with E-state index in [2.05, 4.69) is 27.5 Å². The number of fused-ring (bicyclic) bond motifs is 2. The molecule has 0 saturated heterocycles. The lowest BCUT2D eigenvalue weighted by atomic mass is 10.1. The second-order valence-corrected chi connectivity index (χ2v) is 7.46. The first-order chi connectivity index (χ1) is 14.6. The second kappa shape index (κ2) is 7.29. The third-order valence-corrected chi connectivity index (χ3v) is 5.59. The second-order valence-electron chi connectivity index (χ2n) is 7.46. The van der Waals surface area contributed by atoms with Gasteiger partial charge in [-0.1, -0.05) is 42.5 Å². The molecule has 2 aliphatic rings. The van der Waals surface area contributed by atoms with E-state index in [4.69, 9.17) is 4.74 Å². The molecule has 8 heteroatoms. The zero-order valence-electron chi connectivity index (χ0n) is 16.5. The fourth-order valence-electron chi connectivity index (χ4n) is 4.02. The van der Waals surface area contributed by atoms with E-state index >= 15 is 0 Å². The highest BCUT2D eigenvalue weighted by Gasteiger charge is 2.33. The Kier molecular flexibility index (Phi) is 4.46. The van der Waals surface area contributed by atoms with Crippen LogP contribution in [0.3, 0.4) is 0 Å². The normalized spacial score (nSPS) is 20.2. The largest absolute Gasteiger partial charge is 0.489 e. The van der Waals surface area contributed by atoms with Gasteiger partial charge in [0, 0.05) is 13.5 Å². The molecule has 3 heterocycles. The van der Waals surface area contributed by atoms with Crippen molar-refractivity contribution < 1.29 is 14.3 Å². The van der Waals surface area contributed by atoms with Crippen molar-refractivity contribution in [3.8, 4) is 5.75 Å². The van der Waals surface area contributed by atoms with E-state index in [9.17, 15) is 9.59 Å². The summed E-state index contributed by atoms with van der Waals surface area (Å²) in [7, 11) is 1.67. The van der Waals surface area contributed by atoms with Gasteiger partial charge in [-0.05, 0) is 24.1 Å². The highest BCUT2D eigenvalue weighted by Crippen LogP contribution is 2.31. The Morgan fingerprint density at radius 2 is 1.90 bits per heavy atom. The first-order valence-corrected chi connectivity index (χ1v) is 9.92. The topological polar surface area (TPSA) is 89.4 Å². The molecule has 1 aromatic heterocycles. The van der Waals surface area contributed by atoms with E-state index in [1.165, 1.54) is 4.90 Å². The van der Waals surface area contributed by atoms with Crippen molar-refractivity contribution in [1.29, 1.82) is 0 Å². The third-order valence-electron chi connectivity index (χ3n) is 5.59. The molecule has 2 aromatic carbocycles. The molecule has 0 radical (unpaired) electrons. The van der Waals surface area contributed by atoms with Crippen molar-refractivity contribution in [2.45, 2.75) is 24.9 Å². The fourth-order valence-corrected chi connectivity index (χ4v) is 4.02. The summed E-state index contributed by atoms with van der Waals surface area (Å²) in [6.07, 6.45) is 1.66. The molecule has 2 amide bonds. The molecule has 1 N–H and O–H groups in total. The summed E-state index contributed by atoms with van der Waals surface area (Å²) < 4.78 is 7.57. The van der Waals surface area contributed by atoms with E-state index in [0.29, 0.717) is 11.4 Å². The number of rotatable bonds is 3. The standard InChI is InChI=1S/C22H21N5O3/c1-26-17-9-5-6-10-18(17)30-13-15(22(26)29)23-21(28)20-24-19-12-11-16(27(19)25-20)14-7-3-2-4-8-14/h2-10,15-16H,11-13H2,1H3,(H,23,28)/t15-,16+/m0/s1. The molecule has 0 fully saturated rings. The molecule has 152 valence electrons. The zero-order valence-corrected chi connectivity index (χ0v) is 16.5. The Morgan fingerprint density at radius 1 is 1.13 bits per heavy atom. The van der Waals surface area contributed by atoms with Gasteiger partial charge in [-0.25, -0.2) is 9.67 Å². The number of ether oxygens (including phenoxy) is 1. The lowest BCUT2D eigenvalue weighted by Gasteiger charge is -2.19. The number of likely N-dealkylation sites (N-methyl/N-ethyl adjacent to an activating group) is 1. The lowest BCUT2D eigenvalue weighted by molar-refractivity contribution is -0.120. The summed E-state index contributed by atoms with van der Waals surface area (Å²) in [4.78, 5) is 31.6. The third kappa shape index (κ3) is 3.10. The summed E-state index contributed by atoms with van der Waals surface area (Å²) in [5.41, 5.74) is 1.81. The van der Waals surface area contributed by atoms with Gasteiger partial charge >= 0.3 is 0 Å². The number of benzene rings is 2. The van der Waals surface area contributed by atoms with Gasteiger partial charge in [-0.15, -0.1) is 5.10 Å². The smallest absolute Gasteiger partial charge is 0.291 e. The molecule has 2 aliphatic heterocycles. The van der Waals surface area contributed by atoms with Crippen molar-refractivity contribution in [1.82, 2.24) is 20.1 Å². The van der Waals surface area contributed by atoms with E-state index in [-0.39, 0.29) is 24.4 Å². The number of para-hydroxylation sites is 2. The average molecular weight is 403 g/mol. The number of anilines is 1. The number of aryl methyl sites for hydroxylation is 1. The maximum Gasteiger partial charge on any atom is 0.291 e. The predicted molar refractivity (Wildman–Crippen MR) is 110 cm³/mol. The van der Waals surface area contributed by atoms with Crippen LogP contribution in [0.15, 0.2) is 54.6 Å². The molecular formula is C22H21N5O3. The number of hydrogen-bond donors (Lipinski definition) is 1. The molecule has 5 rings (SSSR count). The van der Waals surface area contributed by atoms with Crippen molar-refractivity contribution in [3.63, 3.8) is 0 Å². The summed E-state index contributed by atoms with van der Waals surface area (Å²) in [6.45, 7) is 0.0478. The van der Waals surface area contributed by atoms with E-state index in [1.807, 2.05) is 41.1 Å². The number of hydrogen-bond acceptors (Lipinski definition) is 5. The van der Waals surface area contributed by atoms with Crippen LogP contribution in [0.2, 0.25) is 0 Å². The van der Waals surface area contributed by atoms with Crippen LogP contribution in [0.5, 0.6) is 5.75 Å². The number of aromatic nitrogens is 3. The minimum absolute atomic E-state index is 0.0478. The Labute approximate surface area is 173 Å². The number of carbonyl (C=O) groups is 2. The zero-order chi connectivity index (χ0) is 20.7. The van der Waals surface area contributed by atoms with Gasteiger partial charge in [0.25, 0.3) is 11.8 Å². The monoisotopic (exact) mass is 403 g/mol. The average Bonchev–Trinajstić information content (AvgIpc) is 3.34. The van der Waals surface area contributed by atoms with Crippen molar-refractivity contribution in [2.75, 3.05) is 18.6 Å². The molecule has 0 aliphatic carbocycles.